The molecule has 1 saturated heterocycles. The third-order valence-corrected chi connectivity index (χ3v) is 6.61. The molecule has 1 aliphatic heterocycles. The first-order valence-corrected chi connectivity index (χ1v) is 11.9. The van der Waals surface area contributed by atoms with Crippen molar-refractivity contribution in [3.8, 4) is 5.75 Å². The lowest BCUT2D eigenvalue weighted by Gasteiger charge is -2.33. The number of rotatable bonds is 7. The highest BCUT2D eigenvalue weighted by molar-refractivity contribution is 5.98. The van der Waals surface area contributed by atoms with Gasteiger partial charge in [-0.1, -0.05) is 61.5 Å². The van der Waals surface area contributed by atoms with E-state index in [1.165, 1.54) is 22.4 Å². The van der Waals surface area contributed by atoms with Gasteiger partial charge in [-0.05, 0) is 77.3 Å². The van der Waals surface area contributed by atoms with E-state index >= 15 is 0 Å². The van der Waals surface area contributed by atoms with E-state index in [1.807, 2.05) is 18.2 Å². The number of nitrogens with one attached hydrogen (secondary N) is 1. The predicted molar refractivity (Wildman–Crippen MR) is 138 cm³/mol. The van der Waals surface area contributed by atoms with Crippen molar-refractivity contribution in [2.45, 2.75) is 26.2 Å². The molecule has 5 nitrogen and oxygen atoms in total. The van der Waals surface area contributed by atoms with Gasteiger partial charge in [0.25, 0.3) is 0 Å². The van der Waals surface area contributed by atoms with E-state index in [9.17, 15) is 9.90 Å². The van der Waals surface area contributed by atoms with Crippen LogP contribution in [0.4, 0.5) is 10.5 Å². The van der Waals surface area contributed by atoms with E-state index in [0.717, 1.165) is 43.5 Å². The Morgan fingerprint density at radius 2 is 1.47 bits per heavy atom. The number of phenols is 1. The van der Waals surface area contributed by atoms with E-state index in [1.54, 1.807) is 12.1 Å². The molecule has 0 radical (unpaired) electrons. The van der Waals surface area contributed by atoms with E-state index in [2.05, 4.69) is 65.7 Å². The Morgan fingerprint density at radius 3 is 2.03 bits per heavy atom. The Hall–Kier alpha value is -3.73. The summed E-state index contributed by atoms with van der Waals surface area (Å²) in [6.45, 7) is 4.56. The summed E-state index contributed by atoms with van der Waals surface area (Å²) in [5, 5.41) is 21.2. The molecule has 0 spiro atoms. The molecule has 5 heteroatoms. The number of anilines is 1. The lowest BCUT2D eigenvalue weighted by atomic mass is 9.88. The minimum Gasteiger partial charge on any atom is -0.508 e. The molecule has 1 aliphatic rings. The predicted octanol–water partition coefficient (Wildman–Crippen LogP) is 6.25. The van der Waals surface area contributed by atoms with E-state index in [4.69, 9.17) is 5.11 Å². The zero-order valence-corrected chi connectivity index (χ0v) is 19.6. The Morgan fingerprint density at radius 1 is 0.882 bits per heavy atom. The molecule has 0 atom stereocenters. The number of amides is 1. The van der Waals surface area contributed by atoms with Crippen molar-refractivity contribution < 1.29 is 15.0 Å². The average Bonchev–Trinajstić information content (AvgIpc) is 2.88. The molecule has 0 bridgehead atoms. The molecule has 34 heavy (non-hydrogen) atoms. The third kappa shape index (κ3) is 5.60. The van der Waals surface area contributed by atoms with E-state index in [-0.39, 0.29) is 5.75 Å². The number of carbonyl (C=O) groups is 1. The van der Waals surface area contributed by atoms with Crippen LogP contribution < -0.4 is 10.2 Å². The minimum absolute atomic E-state index is 0.262. The number of hydrogen-bond acceptors (Lipinski definition) is 3. The van der Waals surface area contributed by atoms with Gasteiger partial charge in [-0.3, -0.25) is 0 Å². The first-order valence-electron chi connectivity index (χ1n) is 11.9. The van der Waals surface area contributed by atoms with Gasteiger partial charge in [0, 0.05) is 25.3 Å². The maximum atomic E-state index is 10.8. The van der Waals surface area contributed by atoms with E-state index < -0.39 is 6.09 Å². The Labute approximate surface area is 201 Å². The summed E-state index contributed by atoms with van der Waals surface area (Å²) in [4.78, 5) is 13.1. The summed E-state index contributed by atoms with van der Waals surface area (Å²) in [6, 6.07) is 26.7. The fourth-order valence-corrected chi connectivity index (χ4v) is 4.77. The third-order valence-electron chi connectivity index (χ3n) is 6.61. The molecule has 3 aromatic carbocycles. The molecule has 1 heterocycles. The van der Waals surface area contributed by atoms with Crippen LogP contribution >= 0.6 is 0 Å². The van der Waals surface area contributed by atoms with Crippen LogP contribution in [0.15, 0.2) is 78.9 Å². The number of aromatic hydroxyl groups is 1. The number of hydrogen-bond donors (Lipinski definition) is 3. The topological polar surface area (TPSA) is 72.8 Å². The fourth-order valence-electron chi connectivity index (χ4n) is 4.77. The van der Waals surface area contributed by atoms with Crippen molar-refractivity contribution in [2.75, 3.05) is 24.5 Å². The van der Waals surface area contributed by atoms with Crippen molar-refractivity contribution in [2.24, 2.45) is 5.92 Å². The number of piperidine rings is 1. The molecular weight excluding hydrogens is 424 g/mol. The molecule has 0 saturated carbocycles. The zero-order valence-electron chi connectivity index (χ0n) is 19.6. The van der Waals surface area contributed by atoms with Crippen molar-refractivity contribution in [3.63, 3.8) is 0 Å². The van der Waals surface area contributed by atoms with Crippen LogP contribution in [0.1, 0.15) is 42.9 Å². The lowest BCUT2D eigenvalue weighted by molar-refractivity contribution is 0.191. The number of allylic oxidation sites excluding steroid dienone is 1. The summed E-state index contributed by atoms with van der Waals surface area (Å²) in [5.74, 6) is 0.659. The minimum atomic E-state index is -0.947. The smallest absolute Gasteiger partial charge is 0.404 e. The molecule has 1 amide bonds. The van der Waals surface area contributed by atoms with Crippen LogP contribution in [-0.4, -0.2) is 35.9 Å². The monoisotopic (exact) mass is 456 g/mol. The second-order valence-corrected chi connectivity index (χ2v) is 8.78. The normalized spacial score (nSPS) is 15.0. The van der Waals surface area contributed by atoms with Gasteiger partial charge in [0.15, 0.2) is 0 Å². The Bertz CT molecular complexity index is 1110. The molecule has 3 aromatic rings. The van der Waals surface area contributed by atoms with Crippen LogP contribution in [0.25, 0.3) is 11.1 Å². The maximum Gasteiger partial charge on any atom is 0.404 e. The van der Waals surface area contributed by atoms with Gasteiger partial charge in [-0.15, -0.1) is 0 Å². The second kappa shape index (κ2) is 10.9. The van der Waals surface area contributed by atoms with Crippen LogP contribution in [0.3, 0.4) is 0 Å². The van der Waals surface area contributed by atoms with Crippen molar-refractivity contribution in [3.05, 3.63) is 95.6 Å². The summed E-state index contributed by atoms with van der Waals surface area (Å²) in [7, 11) is 0. The molecule has 0 unspecified atom stereocenters. The number of carboxylic acid groups (broad SMARTS) is 1. The quantitative estimate of drug-likeness (QED) is 0.368. The van der Waals surface area contributed by atoms with Crippen LogP contribution in [0.5, 0.6) is 5.75 Å². The van der Waals surface area contributed by atoms with Gasteiger partial charge in [0.05, 0.1) is 0 Å². The van der Waals surface area contributed by atoms with Gasteiger partial charge in [-0.2, -0.15) is 0 Å². The summed E-state index contributed by atoms with van der Waals surface area (Å²) in [5.41, 5.74) is 7.07. The first-order chi connectivity index (χ1) is 16.5. The second-order valence-electron chi connectivity index (χ2n) is 8.78. The largest absolute Gasteiger partial charge is 0.508 e. The number of phenolic OH excluding ortho intramolecular Hbond substituents is 1. The summed E-state index contributed by atoms with van der Waals surface area (Å²) in [6.07, 6.45) is 1.90. The fraction of sp³-hybridized carbons (Fsp3) is 0.276. The highest BCUT2D eigenvalue weighted by Crippen LogP contribution is 2.36. The van der Waals surface area contributed by atoms with Gasteiger partial charge in [-0.25, -0.2) is 4.79 Å². The summed E-state index contributed by atoms with van der Waals surface area (Å²) >= 11 is 0. The molecule has 4 rings (SSSR count). The molecule has 1 fully saturated rings. The van der Waals surface area contributed by atoms with Crippen molar-refractivity contribution >= 4 is 22.9 Å². The zero-order chi connectivity index (χ0) is 23.9. The van der Waals surface area contributed by atoms with Gasteiger partial charge < -0.3 is 20.4 Å². The molecule has 0 aromatic heterocycles. The average molecular weight is 457 g/mol. The summed E-state index contributed by atoms with van der Waals surface area (Å²) < 4.78 is 0. The SMILES string of the molecule is CC/C(=C(\c1ccc(O)cc1)c1ccc(N2CCC(CNC(=O)O)CC2)cc1)c1ccccc1. The molecule has 3 N–H and O–H groups in total. The van der Waals surface area contributed by atoms with Crippen LogP contribution in [-0.2, 0) is 0 Å². The van der Waals surface area contributed by atoms with Crippen LogP contribution in [0.2, 0.25) is 0 Å². The van der Waals surface area contributed by atoms with Gasteiger partial charge >= 0.3 is 6.09 Å². The number of benzene rings is 3. The standard InChI is InChI=1S/C29H32N2O3/c1-2-27(22-6-4-3-5-7-22)28(24-10-14-26(32)15-11-24)23-8-12-25(13-9-23)31-18-16-21(17-19-31)20-30-29(33)34/h3-15,21,30,32H,2,16-20H2,1H3,(H,33,34)/b28-27+. The molecule has 176 valence electrons. The maximum absolute atomic E-state index is 10.8. The van der Waals surface area contributed by atoms with Crippen molar-refractivity contribution in [1.82, 2.24) is 5.32 Å². The van der Waals surface area contributed by atoms with E-state index in [0.29, 0.717) is 12.5 Å². The number of nitrogens with zero attached hydrogens (tertiary/aromatic N) is 1. The first kappa shape index (κ1) is 23.4. The van der Waals surface area contributed by atoms with Crippen molar-refractivity contribution in [1.29, 1.82) is 0 Å². The highest BCUT2D eigenvalue weighted by atomic mass is 16.4. The van der Waals surface area contributed by atoms with Crippen LogP contribution in [0, 0.1) is 5.92 Å². The molecule has 0 aliphatic carbocycles. The van der Waals surface area contributed by atoms with Gasteiger partial charge in [0.2, 0.25) is 0 Å². The van der Waals surface area contributed by atoms with Gasteiger partial charge in [0.1, 0.15) is 5.75 Å². The lowest BCUT2D eigenvalue weighted by Crippen LogP contribution is -2.38. The Kier molecular flexibility index (Phi) is 7.53. The Balaban J connectivity index is 1.60. The molecular formula is C29H32N2O3. The highest BCUT2D eigenvalue weighted by Gasteiger charge is 2.20.